The van der Waals surface area contributed by atoms with Gasteiger partial charge in [0.25, 0.3) is 0 Å². The number of aliphatic hydroxyl groups is 1. The second-order valence-electron chi connectivity index (χ2n) is 13.4. The summed E-state index contributed by atoms with van der Waals surface area (Å²) in [5.41, 5.74) is 8.06. The monoisotopic (exact) mass is 611 g/mol. The van der Waals surface area contributed by atoms with Gasteiger partial charge < -0.3 is 18.9 Å². The van der Waals surface area contributed by atoms with Crippen molar-refractivity contribution < 1.29 is 9.76 Å². The van der Waals surface area contributed by atoms with Crippen LogP contribution in [0.4, 0.5) is 0 Å². The van der Waals surface area contributed by atoms with Gasteiger partial charge in [0.2, 0.25) is 0 Å². The van der Waals surface area contributed by atoms with Crippen LogP contribution in [-0.2, 0) is 4.65 Å². The molecular formula is C42H36BN2O2. The van der Waals surface area contributed by atoms with Crippen LogP contribution in [0.15, 0.2) is 140 Å². The summed E-state index contributed by atoms with van der Waals surface area (Å²) in [6.45, 7) is 7.40. The summed E-state index contributed by atoms with van der Waals surface area (Å²) in [6, 6.07) is 49.6. The molecule has 2 aromatic heterocycles. The maximum atomic E-state index is 10.9. The van der Waals surface area contributed by atoms with Crippen LogP contribution in [-0.4, -0.2) is 32.9 Å². The second-order valence-corrected chi connectivity index (χ2v) is 13.4. The first-order valence-electron chi connectivity index (χ1n) is 16.2. The SMILES string of the molecule is CC(C)(O)C(C)(C)O[B]c1cc(-n2c3ccccc3c3ccc(-c4ccccc4)cc32)c2c3ccccc3n(-c3ccccc3)c2c1. The molecule has 0 atom stereocenters. The van der Waals surface area contributed by atoms with Crippen molar-refractivity contribution in [1.29, 1.82) is 0 Å². The fraction of sp³-hybridized carbons (Fsp3) is 0.143. The largest absolute Gasteiger partial charge is 0.427 e. The van der Waals surface area contributed by atoms with Gasteiger partial charge in [0, 0.05) is 27.2 Å². The molecule has 2 heterocycles. The predicted molar refractivity (Wildman–Crippen MR) is 197 cm³/mol. The first-order chi connectivity index (χ1) is 22.7. The number of nitrogens with zero attached hydrogens (tertiary/aromatic N) is 2. The van der Waals surface area contributed by atoms with Gasteiger partial charge in [-0.1, -0.05) is 97.1 Å². The lowest BCUT2D eigenvalue weighted by Crippen LogP contribution is -2.49. The second kappa shape index (κ2) is 11.0. The number of hydrogen-bond acceptors (Lipinski definition) is 2. The first-order valence-corrected chi connectivity index (χ1v) is 16.2. The zero-order valence-electron chi connectivity index (χ0n) is 27.1. The molecule has 0 bridgehead atoms. The van der Waals surface area contributed by atoms with Crippen LogP contribution in [0.2, 0.25) is 0 Å². The van der Waals surface area contributed by atoms with Crippen LogP contribution < -0.4 is 5.46 Å². The third-order valence-corrected chi connectivity index (χ3v) is 9.77. The van der Waals surface area contributed by atoms with Gasteiger partial charge in [0.05, 0.1) is 39.0 Å². The minimum absolute atomic E-state index is 0.814. The molecule has 5 heteroatoms. The number of hydrogen-bond donors (Lipinski definition) is 1. The first kappa shape index (κ1) is 29.3. The Kier molecular flexibility index (Phi) is 6.87. The molecule has 0 amide bonds. The van der Waals surface area contributed by atoms with Gasteiger partial charge in [-0.15, -0.1) is 0 Å². The molecule has 0 aliphatic rings. The molecule has 8 aromatic rings. The van der Waals surface area contributed by atoms with E-state index in [2.05, 4.69) is 149 Å². The molecule has 47 heavy (non-hydrogen) atoms. The molecule has 0 fully saturated rings. The zero-order chi connectivity index (χ0) is 32.3. The molecule has 0 aliphatic heterocycles. The highest BCUT2D eigenvalue weighted by Gasteiger charge is 2.36. The summed E-state index contributed by atoms with van der Waals surface area (Å²) < 4.78 is 11.1. The number of rotatable bonds is 7. The Morgan fingerprint density at radius 3 is 1.83 bits per heavy atom. The minimum Gasteiger partial charge on any atom is -0.427 e. The van der Waals surface area contributed by atoms with E-state index in [9.17, 15) is 5.11 Å². The normalized spacial score (nSPS) is 12.4. The van der Waals surface area contributed by atoms with Gasteiger partial charge in [-0.25, -0.2) is 0 Å². The molecule has 0 spiro atoms. The number of para-hydroxylation sites is 3. The molecule has 4 nitrogen and oxygen atoms in total. The molecule has 6 aromatic carbocycles. The zero-order valence-corrected chi connectivity index (χ0v) is 27.1. The van der Waals surface area contributed by atoms with Gasteiger partial charge >= 0.3 is 7.48 Å². The van der Waals surface area contributed by atoms with E-state index in [1.54, 1.807) is 21.3 Å². The average Bonchev–Trinajstić information content (AvgIpc) is 3.60. The third kappa shape index (κ3) is 4.86. The molecule has 0 saturated heterocycles. The van der Waals surface area contributed by atoms with Gasteiger partial charge in [0.15, 0.2) is 0 Å². The fourth-order valence-electron chi connectivity index (χ4n) is 6.59. The topological polar surface area (TPSA) is 39.3 Å². The summed E-state index contributed by atoms with van der Waals surface area (Å²) >= 11 is 0. The number of benzene rings is 6. The Morgan fingerprint density at radius 1 is 0.532 bits per heavy atom. The lowest BCUT2D eigenvalue weighted by atomic mass is 9.82. The lowest BCUT2D eigenvalue weighted by Gasteiger charge is -2.37. The summed E-state index contributed by atoms with van der Waals surface area (Å²) in [5.74, 6) is 0. The standard InChI is InChI=1S/C42H36BN2O2/c1-41(2,46)42(3,4)47-43-30-26-38-40(34-20-12-14-22-36(34)44(38)31-17-9-6-10-18-31)39(27-30)45-35-21-13-11-19-32(35)33-24-23-29(25-37(33)45)28-15-7-5-8-16-28/h5-27,46H,1-4H3. The van der Waals surface area contributed by atoms with Crippen LogP contribution in [0.1, 0.15) is 27.7 Å². The van der Waals surface area contributed by atoms with Crippen molar-refractivity contribution in [2.24, 2.45) is 0 Å². The van der Waals surface area contributed by atoms with Gasteiger partial charge in [0.1, 0.15) is 0 Å². The average molecular weight is 612 g/mol. The fourth-order valence-corrected chi connectivity index (χ4v) is 6.59. The molecule has 1 N–H and O–H groups in total. The van der Waals surface area contributed by atoms with Crippen LogP contribution in [0.25, 0.3) is 66.1 Å². The van der Waals surface area contributed by atoms with Gasteiger partial charge in [-0.2, -0.15) is 0 Å². The maximum Gasteiger partial charge on any atom is 0.331 e. The van der Waals surface area contributed by atoms with Crippen LogP contribution in [0, 0.1) is 0 Å². The van der Waals surface area contributed by atoms with E-state index < -0.39 is 11.2 Å². The van der Waals surface area contributed by atoms with E-state index in [0.717, 1.165) is 44.3 Å². The van der Waals surface area contributed by atoms with E-state index in [0.29, 0.717) is 0 Å². The van der Waals surface area contributed by atoms with E-state index in [4.69, 9.17) is 4.65 Å². The maximum absolute atomic E-state index is 10.9. The Balaban J connectivity index is 1.48. The van der Waals surface area contributed by atoms with Crippen molar-refractivity contribution in [2.45, 2.75) is 38.9 Å². The van der Waals surface area contributed by atoms with Gasteiger partial charge in [-0.3, -0.25) is 0 Å². The third-order valence-electron chi connectivity index (χ3n) is 9.77. The van der Waals surface area contributed by atoms with Crippen molar-refractivity contribution in [3.63, 3.8) is 0 Å². The Bertz CT molecular complexity index is 2420. The van der Waals surface area contributed by atoms with E-state index in [-0.39, 0.29) is 0 Å². The predicted octanol–water partition coefficient (Wildman–Crippen LogP) is 9.36. The van der Waals surface area contributed by atoms with E-state index in [1.807, 2.05) is 13.8 Å². The summed E-state index contributed by atoms with van der Waals surface area (Å²) in [4.78, 5) is 0. The summed E-state index contributed by atoms with van der Waals surface area (Å²) in [6.07, 6.45) is 0. The number of fused-ring (bicyclic) bond motifs is 6. The quantitative estimate of drug-likeness (QED) is 0.183. The molecule has 0 saturated carbocycles. The minimum atomic E-state index is -1.05. The van der Waals surface area contributed by atoms with Crippen molar-refractivity contribution in [3.05, 3.63) is 140 Å². The smallest absolute Gasteiger partial charge is 0.331 e. The molecule has 0 unspecified atom stereocenters. The Morgan fingerprint density at radius 2 is 1.13 bits per heavy atom. The Hall–Kier alpha value is -5.10. The molecule has 8 rings (SSSR count). The molecule has 1 radical (unpaired) electrons. The Labute approximate surface area is 275 Å². The lowest BCUT2D eigenvalue weighted by molar-refractivity contribution is -0.0893. The molecular weight excluding hydrogens is 575 g/mol. The van der Waals surface area contributed by atoms with Crippen molar-refractivity contribution in [2.75, 3.05) is 0 Å². The highest BCUT2D eigenvalue weighted by atomic mass is 16.5. The highest BCUT2D eigenvalue weighted by molar-refractivity contribution is 6.48. The molecule has 229 valence electrons. The van der Waals surface area contributed by atoms with Gasteiger partial charge in [-0.05, 0) is 86.7 Å². The van der Waals surface area contributed by atoms with Crippen molar-refractivity contribution in [3.8, 4) is 22.5 Å². The summed E-state index contributed by atoms with van der Waals surface area (Å²) in [5, 5.41) is 15.6. The summed E-state index contributed by atoms with van der Waals surface area (Å²) in [7, 11) is 1.80. The van der Waals surface area contributed by atoms with Crippen LogP contribution in [0.5, 0.6) is 0 Å². The molecule has 0 aliphatic carbocycles. The van der Waals surface area contributed by atoms with Crippen molar-refractivity contribution >= 4 is 56.6 Å². The van der Waals surface area contributed by atoms with Crippen molar-refractivity contribution in [1.82, 2.24) is 9.13 Å². The van der Waals surface area contributed by atoms with Crippen LogP contribution >= 0.6 is 0 Å². The highest BCUT2D eigenvalue weighted by Crippen LogP contribution is 2.40. The number of aromatic nitrogens is 2. The van der Waals surface area contributed by atoms with E-state index >= 15 is 0 Å². The van der Waals surface area contributed by atoms with Crippen LogP contribution in [0.3, 0.4) is 0 Å². The van der Waals surface area contributed by atoms with E-state index in [1.165, 1.54) is 27.3 Å².